The van der Waals surface area contributed by atoms with Gasteiger partial charge < -0.3 is 10.5 Å². The van der Waals surface area contributed by atoms with Gasteiger partial charge >= 0.3 is 0 Å². The Kier molecular flexibility index (Phi) is 4.94. The second-order valence-electron chi connectivity index (χ2n) is 5.77. The van der Waals surface area contributed by atoms with Crippen molar-refractivity contribution in [2.45, 2.75) is 20.4 Å². The van der Waals surface area contributed by atoms with Crippen molar-refractivity contribution >= 4 is 17.1 Å². The smallest absolute Gasteiger partial charge is 0.203 e. The highest BCUT2D eigenvalue weighted by Gasteiger charge is 2.18. The van der Waals surface area contributed by atoms with Crippen molar-refractivity contribution in [2.75, 3.05) is 19.7 Å². The zero-order valence-corrected chi connectivity index (χ0v) is 14.3. The molecule has 2 N–H and O–H groups in total. The Labute approximate surface area is 143 Å². The molecule has 1 heterocycles. The summed E-state index contributed by atoms with van der Waals surface area (Å²) in [5, 5.41) is 0. The van der Waals surface area contributed by atoms with Crippen LogP contribution in [0.1, 0.15) is 25.0 Å². The Morgan fingerprint density at radius 2 is 1.96 bits per heavy atom. The molecule has 0 bridgehead atoms. The molecule has 0 saturated carbocycles. The lowest BCUT2D eigenvalue weighted by atomic mass is 10.0. The highest BCUT2D eigenvalue weighted by molar-refractivity contribution is 6.19. The lowest BCUT2D eigenvalue weighted by Crippen LogP contribution is -2.22. The van der Waals surface area contributed by atoms with Gasteiger partial charge in [0.15, 0.2) is 5.76 Å². The molecule has 4 heteroatoms. The minimum atomic E-state index is 0.435. The minimum Gasteiger partial charge on any atom is -0.487 e. The highest BCUT2D eigenvalue weighted by Crippen LogP contribution is 2.20. The number of hydrogen-bond donors (Lipinski definition) is 1. The molecule has 0 saturated heterocycles. The lowest BCUT2D eigenvalue weighted by Gasteiger charge is -2.16. The van der Waals surface area contributed by atoms with Crippen LogP contribution in [0.25, 0.3) is 5.70 Å². The van der Waals surface area contributed by atoms with Crippen LogP contribution in [0.15, 0.2) is 59.3 Å². The zero-order valence-electron chi connectivity index (χ0n) is 14.3. The molecule has 0 fully saturated rings. The molecule has 0 radical (unpaired) electrons. The Balaban J connectivity index is 2.00. The van der Waals surface area contributed by atoms with E-state index in [1.807, 2.05) is 30.4 Å². The molecule has 1 aliphatic carbocycles. The monoisotopic (exact) mass is 322 g/mol. The maximum absolute atomic E-state index is 6.21. The highest BCUT2D eigenvalue weighted by atomic mass is 16.5. The van der Waals surface area contributed by atoms with E-state index < -0.39 is 0 Å². The summed E-state index contributed by atoms with van der Waals surface area (Å²) in [6, 6.07) is 8.12. The molecular weight excluding hydrogens is 298 g/mol. The zero-order chi connectivity index (χ0) is 16.9. The molecule has 24 heavy (non-hydrogen) atoms. The summed E-state index contributed by atoms with van der Waals surface area (Å²) >= 11 is 0. The standard InChI is InChI=1S/C20H24N3O/c1-3-23(4-2)16-9-10-19-20(13-16)24-12-11-18(21)17-8-6-5-7-15(17)14-22-19/h5-11,13H,3-4,12,14,21H2,1-2H3/q+1/b18-11+,22-19-. The van der Waals surface area contributed by atoms with Gasteiger partial charge in [0.05, 0.1) is 12.6 Å². The Hall–Kier alpha value is -2.62. The number of nitrogens with two attached hydrogens (primary N) is 1. The van der Waals surface area contributed by atoms with Crippen LogP contribution >= 0.6 is 0 Å². The molecule has 124 valence electrons. The third-order valence-electron chi connectivity index (χ3n) is 4.36. The Bertz CT molecular complexity index is 776. The maximum atomic E-state index is 6.21. The van der Waals surface area contributed by atoms with Gasteiger partial charge in [0.25, 0.3) is 0 Å². The van der Waals surface area contributed by atoms with Crippen LogP contribution in [0.3, 0.4) is 0 Å². The second kappa shape index (κ2) is 7.30. The average Bonchev–Trinajstić information content (AvgIpc) is 2.62. The summed E-state index contributed by atoms with van der Waals surface area (Å²) in [5.41, 5.74) is 11.2. The molecule has 1 aromatic rings. The quantitative estimate of drug-likeness (QED) is 0.672. The van der Waals surface area contributed by atoms with E-state index in [2.05, 4.69) is 36.6 Å². The summed E-state index contributed by atoms with van der Waals surface area (Å²) in [6.45, 7) is 7.26. The predicted octanol–water partition coefficient (Wildman–Crippen LogP) is 2.90. The number of allylic oxidation sites excluding steroid dienone is 3. The molecule has 4 nitrogen and oxygen atoms in total. The molecule has 0 unspecified atom stereocenters. The molecule has 1 aromatic carbocycles. The summed E-state index contributed by atoms with van der Waals surface area (Å²) in [4.78, 5) is 4.75. The normalized spacial score (nSPS) is 21.2. The molecule has 2 aliphatic rings. The largest absolute Gasteiger partial charge is 0.487 e. The summed E-state index contributed by atoms with van der Waals surface area (Å²) < 4.78 is 8.25. The van der Waals surface area contributed by atoms with Gasteiger partial charge in [-0.1, -0.05) is 24.3 Å². The van der Waals surface area contributed by atoms with E-state index in [4.69, 9.17) is 15.5 Å². The SMILES string of the molecule is CC[N+](CC)=C1C=C/C2=N/Cc3ccccc3/C(N)=C\COC2=C1. The van der Waals surface area contributed by atoms with Crippen LogP contribution in [-0.4, -0.2) is 35.7 Å². The third kappa shape index (κ3) is 3.32. The first-order chi connectivity index (χ1) is 11.7. The second-order valence-corrected chi connectivity index (χ2v) is 5.77. The lowest BCUT2D eigenvalue weighted by molar-refractivity contribution is -0.519. The van der Waals surface area contributed by atoms with E-state index >= 15 is 0 Å². The van der Waals surface area contributed by atoms with E-state index in [0.29, 0.717) is 13.2 Å². The molecule has 0 amide bonds. The summed E-state index contributed by atoms with van der Waals surface area (Å²) in [6.07, 6.45) is 8.15. The van der Waals surface area contributed by atoms with Crippen LogP contribution in [0.5, 0.6) is 0 Å². The van der Waals surface area contributed by atoms with Gasteiger partial charge in [-0.3, -0.25) is 4.99 Å². The first-order valence-corrected chi connectivity index (χ1v) is 8.46. The molecular formula is C20H24N3O+. The van der Waals surface area contributed by atoms with Crippen LogP contribution < -0.4 is 5.73 Å². The number of fused-ring (bicyclic) bond motifs is 2. The topological polar surface area (TPSA) is 50.6 Å². The fourth-order valence-corrected chi connectivity index (χ4v) is 2.98. The van der Waals surface area contributed by atoms with Gasteiger partial charge in [-0.15, -0.1) is 0 Å². The van der Waals surface area contributed by atoms with Crippen LogP contribution in [-0.2, 0) is 11.3 Å². The average molecular weight is 322 g/mol. The fourth-order valence-electron chi connectivity index (χ4n) is 2.98. The van der Waals surface area contributed by atoms with Gasteiger partial charge in [-0.05, 0) is 31.6 Å². The molecule has 0 atom stereocenters. The maximum Gasteiger partial charge on any atom is 0.203 e. The van der Waals surface area contributed by atoms with Gasteiger partial charge in [-0.2, -0.15) is 0 Å². The van der Waals surface area contributed by atoms with E-state index in [-0.39, 0.29) is 0 Å². The van der Waals surface area contributed by atoms with Gasteiger partial charge in [-0.25, -0.2) is 4.58 Å². The van der Waals surface area contributed by atoms with Crippen LogP contribution in [0.2, 0.25) is 0 Å². The van der Waals surface area contributed by atoms with E-state index in [9.17, 15) is 0 Å². The Morgan fingerprint density at radius 1 is 1.17 bits per heavy atom. The van der Waals surface area contributed by atoms with Crippen molar-refractivity contribution in [3.8, 4) is 0 Å². The molecule has 0 spiro atoms. The number of hydrogen-bond acceptors (Lipinski definition) is 3. The van der Waals surface area contributed by atoms with Crippen molar-refractivity contribution < 1.29 is 9.31 Å². The molecule has 3 rings (SSSR count). The van der Waals surface area contributed by atoms with Gasteiger partial charge in [0.1, 0.15) is 25.4 Å². The van der Waals surface area contributed by atoms with Gasteiger partial charge in [0, 0.05) is 17.3 Å². The first kappa shape index (κ1) is 16.2. The number of benzene rings is 1. The van der Waals surface area contributed by atoms with E-state index in [1.165, 1.54) is 0 Å². The van der Waals surface area contributed by atoms with Crippen molar-refractivity contribution in [1.82, 2.24) is 0 Å². The van der Waals surface area contributed by atoms with Crippen LogP contribution in [0, 0.1) is 0 Å². The first-order valence-electron chi connectivity index (χ1n) is 8.46. The van der Waals surface area contributed by atoms with Gasteiger partial charge in [0.2, 0.25) is 5.71 Å². The number of nitrogens with zero attached hydrogens (tertiary/aromatic N) is 2. The summed E-state index contributed by atoms with van der Waals surface area (Å²) in [7, 11) is 0. The van der Waals surface area contributed by atoms with E-state index in [0.717, 1.165) is 47.1 Å². The molecule has 0 aromatic heterocycles. The van der Waals surface area contributed by atoms with Crippen molar-refractivity contribution in [3.63, 3.8) is 0 Å². The fraction of sp³-hybridized carbons (Fsp3) is 0.300. The Morgan fingerprint density at radius 3 is 2.75 bits per heavy atom. The van der Waals surface area contributed by atoms with Crippen LogP contribution in [0.4, 0.5) is 0 Å². The minimum absolute atomic E-state index is 0.435. The number of ether oxygens (including phenoxy) is 1. The number of rotatable bonds is 2. The third-order valence-corrected chi connectivity index (χ3v) is 4.36. The van der Waals surface area contributed by atoms with E-state index in [1.54, 1.807) is 0 Å². The van der Waals surface area contributed by atoms with Crippen molar-refractivity contribution in [1.29, 1.82) is 0 Å². The number of aliphatic imine (C=N–C) groups is 1. The van der Waals surface area contributed by atoms with Crippen molar-refractivity contribution in [3.05, 3.63) is 65.5 Å². The van der Waals surface area contributed by atoms with Crippen molar-refractivity contribution in [2.24, 2.45) is 10.7 Å². The predicted molar refractivity (Wildman–Crippen MR) is 99.3 cm³/mol. The molecule has 1 aliphatic heterocycles. The summed E-state index contributed by atoms with van der Waals surface area (Å²) in [5.74, 6) is 0.808.